The molecule has 28 heavy (non-hydrogen) atoms. The minimum atomic E-state index is -0.536. The van der Waals surface area contributed by atoms with E-state index < -0.39 is 18.2 Å². The normalized spacial score (nSPS) is 22.6. The molecule has 0 radical (unpaired) electrons. The fourth-order valence-electron chi connectivity index (χ4n) is 4.04. The second-order valence-electron chi connectivity index (χ2n) is 7.68. The standard InChI is InChI=1S/C21H36N2O5/c1-3-5-6-11-16-28-20(25)18-13-8-9-14-22(18)19(24)17-12-7-10-15-23(17)21(26)27-4-2/h17-18H,3-16H2,1-2H3. The molecule has 2 aliphatic rings. The van der Waals surface area contributed by atoms with Gasteiger partial charge in [-0.1, -0.05) is 26.2 Å². The molecule has 2 atom stereocenters. The molecule has 0 aromatic heterocycles. The summed E-state index contributed by atoms with van der Waals surface area (Å²) in [5.41, 5.74) is 0. The van der Waals surface area contributed by atoms with Crippen LogP contribution in [0.5, 0.6) is 0 Å². The zero-order valence-electron chi connectivity index (χ0n) is 17.5. The molecule has 0 spiro atoms. The van der Waals surface area contributed by atoms with Crippen LogP contribution in [-0.4, -0.2) is 66.2 Å². The molecule has 0 bridgehead atoms. The summed E-state index contributed by atoms with van der Waals surface area (Å²) in [4.78, 5) is 41.4. The third kappa shape index (κ3) is 6.11. The summed E-state index contributed by atoms with van der Waals surface area (Å²) in [5, 5.41) is 0. The summed E-state index contributed by atoms with van der Waals surface area (Å²) >= 11 is 0. The minimum Gasteiger partial charge on any atom is -0.464 e. The van der Waals surface area contributed by atoms with E-state index in [4.69, 9.17) is 9.47 Å². The van der Waals surface area contributed by atoms with E-state index in [0.29, 0.717) is 32.5 Å². The molecule has 2 fully saturated rings. The van der Waals surface area contributed by atoms with Crippen molar-refractivity contribution in [2.45, 2.75) is 90.1 Å². The van der Waals surface area contributed by atoms with Gasteiger partial charge in [0.15, 0.2) is 0 Å². The first-order valence-electron chi connectivity index (χ1n) is 11.0. The average molecular weight is 397 g/mol. The van der Waals surface area contributed by atoms with E-state index in [9.17, 15) is 14.4 Å². The van der Waals surface area contributed by atoms with Crippen molar-refractivity contribution in [1.82, 2.24) is 9.80 Å². The van der Waals surface area contributed by atoms with Crippen molar-refractivity contribution in [2.75, 3.05) is 26.3 Å². The summed E-state index contributed by atoms with van der Waals surface area (Å²) < 4.78 is 10.6. The van der Waals surface area contributed by atoms with Gasteiger partial charge in [-0.15, -0.1) is 0 Å². The molecular weight excluding hydrogens is 360 g/mol. The Hall–Kier alpha value is -1.79. The van der Waals surface area contributed by atoms with Gasteiger partial charge in [-0.2, -0.15) is 0 Å². The van der Waals surface area contributed by atoms with Gasteiger partial charge in [0.25, 0.3) is 0 Å². The molecule has 2 unspecified atom stereocenters. The fraction of sp³-hybridized carbons (Fsp3) is 0.857. The number of carbonyl (C=O) groups is 3. The third-order valence-corrected chi connectivity index (χ3v) is 5.59. The number of carbonyl (C=O) groups excluding carboxylic acids is 3. The number of esters is 1. The molecule has 0 saturated carbocycles. The molecule has 2 amide bonds. The number of ether oxygens (including phenoxy) is 2. The predicted molar refractivity (Wildman–Crippen MR) is 106 cm³/mol. The minimum absolute atomic E-state index is 0.139. The van der Waals surface area contributed by atoms with E-state index >= 15 is 0 Å². The van der Waals surface area contributed by atoms with Gasteiger partial charge in [-0.25, -0.2) is 9.59 Å². The first-order valence-corrected chi connectivity index (χ1v) is 11.0. The molecule has 7 heteroatoms. The third-order valence-electron chi connectivity index (χ3n) is 5.59. The van der Waals surface area contributed by atoms with Crippen LogP contribution in [0.2, 0.25) is 0 Å². The van der Waals surface area contributed by atoms with E-state index in [1.165, 1.54) is 4.90 Å². The molecule has 2 heterocycles. The first kappa shape index (κ1) is 22.5. The molecule has 7 nitrogen and oxygen atoms in total. The molecule has 160 valence electrons. The summed E-state index contributed by atoms with van der Waals surface area (Å²) in [5.74, 6) is -0.441. The number of piperidine rings is 2. The lowest BCUT2D eigenvalue weighted by Crippen LogP contribution is -2.58. The van der Waals surface area contributed by atoms with Crippen molar-refractivity contribution in [2.24, 2.45) is 0 Å². The number of rotatable bonds is 8. The van der Waals surface area contributed by atoms with Gasteiger partial charge in [0.2, 0.25) is 5.91 Å². The van der Waals surface area contributed by atoms with E-state index in [1.807, 2.05) is 0 Å². The summed E-state index contributed by atoms with van der Waals surface area (Å²) in [6.07, 6.45) is 8.54. The highest BCUT2D eigenvalue weighted by molar-refractivity contribution is 5.90. The SMILES string of the molecule is CCCCCCOC(=O)C1CCCCN1C(=O)C1CCCCN1C(=O)OCC. The van der Waals surface area contributed by atoms with Gasteiger partial charge < -0.3 is 14.4 Å². The zero-order valence-corrected chi connectivity index (χ0v) is 17.5. The highest BCUT2D eigenvalue weighted by Crippen LogP contribution is 2.25. The van der Waals surface area contributed by atoms with Crippen molar-refractivity contribution in [3.8, 4) is 0 Å². The Bertz CT molecular complexity index is 525. The molecule has 0 aliphatic carbocycles. The maximum Gasteiger partial charge on any atom is 0.410 e. The van der Waals surface area contributed by atoms with Crippen LogP contribution in [0.3, 0.4) is 0 Å². The van der Waals surface area contributed by atoms with Gasteiger partial charge in [0.05, 0.1) is 13.2 Å². The van der Waals surface area contributed by atoms with Crippen molar-refractivity contribution >= 4 is 18.0 Å². The molecule has 0 N–H and O–H groups in total. The van der Waals surface area contributed by atoms with Gasteiger partial charge >= 0.3 is 12.1 Å². The lowest BCUT2D eigenvalue weighted by Gasteiger charge is -2.40. The van der Waals surface area contributed by atoms with E-state index in [1.54, 1.807) is 11.8 Å². The van der Waals surface area contributed by atoms with Gasteiger partial charge in [-0.3, -0.25) is 9.69 Å². The van der Waals surface area contributed by atoms with Crippen molar-refractivity contribution in [3.05, 3.63) is 0 Å². The Morgan fingerprint density at radius 3 is 2.18 bits per heavy atom. The lowest BCUT2D eigenvalue weighted by molar-refractivity contribution is -0.159. The smallest absolute Gasteiger partial charge is 0.410 e. The van der Waals surface area contributed by atoms with Gasteiger partial charge in [0.1, 0.15) is 12.1 Å². The number of hydrogen-bond donors (Lipinski definition) is 0. The topological polar surface area (TPSA) is 76.2 Å². The van der Waals surface area contributed by atoms with E-state index in [-0.39, 0.29) is 18.5 Å². The van der Waals surface area contributed by atoms with Crippen molar-refractivity contribution in [3.63, 3.8) is 0 Å². The highest BCUT2D eigenvalue weighted by Gasteiger charge is 2.40. The van der Waals surface area contributed by atoms with E-state index in [2.05, 4.69) is 6.92 Å². The molecular formula is C21H36N2O5. The monoisotopic (exact) mass is 396 g/mol. The van der Waals surface area contributed by atoms with Crippen molar-refractivity contribution < 1.29 is 23.9 Å². The summed E-state index contributed by atoms with van der Waals surface area (Å²) in [7, 11) is 0. The Labute approximate surface area is 168 Å². The van der Waals surface area contributed by atoms with Gasteiger partial charge in [-0.05, 0) is 51.9 Å². The Balaban J connectivity index is 1.99. The van der Waals surface area contributed by atoms with E-state index in [0.717, 1.165) is 51.4 Å². The maximum atomic E-state index is 13.3. The average Bonchev–Trinajstić information content (AvgIpc) is 2.73. The van der Waals surface area contributed by atoms with Crippen LogP contribution in [0, 0.1) is 0 Å². The Kier molecular flexibility index (Phi) is 9.58. The maximum absolute atomic E-state index is 13.3. The quantitative estimate of drug-likeness (QED) is 0.464. The van der Waals surface area contributed by atoms with Crippen molar-refractivity contribution in [1.29, 1.82) is 0 Å². The zero-order chi connectivity index (χ0) is 20.4. The summed E-state index contributed by atoms with van der Waals surface area (Å²) in [6, 6.07) is -1.07. The number of nitrogens with zero attached hydrogens (tertiary/aromatic N) is 2. The fourth-order valence-corrected chi connectivity index (χ4v) is 4.04. The predicted octanol–water partition coefficient (Wildman–Crippen LogP) is 3.50. The van der Waals surface area contributed by atoms with Crippen LogP contribution in [0.1, 0.15) is 78.1 Å². The Morgan fingerprint density at radius 2 is 1.50 bits per heavy atom. The number of hydrogen-bond acceptors (Lipinski definition) is 5. The number of unbranched alkanes of at least 4 members (excludes halogenated alkanes) is 3. The van der Waals surface area contributed by atoms with Crippen LogP contribution in [0.15, 0.2) is 0 Å². The number of likely N-dealkylation sites (tertiary alicyclic amines) is 2. The second-order valence-corrected chi connectivity index (χ2v) is 7.68. The largest absolute Gasteiger partial charge is 0.464 e. The highest BCUT2D eigenvalue weighted by atomic mass is 16.6. The Morgan fingerprint density at radius 1 is 0.821 bits per heavy atom. The molecule has 2 saturated heterocycles. The molecule has 0 aromatic carbocycles. The second kappa shape index (κ2) is 11.9. The first-order chi connectivity index (χ1) is 13.6. The van der Waals surface area contributed by atoms with Crippen LogP contribution in [0.4, 0.5) is 4.79 Å². The summed E-state index contributed by atoms with van der Waals surface area (Å²) in [6.45, 7) is 5.66. The van der Waals surface area contributed by atoms with Crippen LogP contribution < -0.4 is 0 Å². The van der Waals surface area contributed by atoms with Crippen LogP contribution in [-0.2, 0) is 19.1 Å². The van der Waals surface area contributed by atoms with Gasteiger partial charge in [0, 0.05) is 13.1 Å². The lowest BCUT2D eigenvalue weighted by atomic mass is 9.97. The number of amides is 2. The van der Waals surface area contributed by atoms with Crippen LogP contribution >= 0.6 is 0 Å². The molecule has 2 aliphatic heterocycles. The molecule has 0 aromatic rings. The molecule has 2 rings (SSSR count). The van der Waals surface area contributed by atoms with Crippen LogP contribution in [0.25, 0.3) is 0 Å².